The molecule has 1 N–H and O–H groups in total. The normalized spacial score (nSPS) is 14.2. The smallest absolute Gasteiger partial charge is 0.231 e. The molecule has 0 atom stereocenters. The summed E-state index contributed by atoms with van der Waals surface area (Å²) >= 11 is 0. The Morgan fingerprint density at radius 2 is 1.69 bits per heavy atom. The van der Waals surface area contributed by atoms with Gasteiger partial charge in [0.1, 0.15) is 17.2 Å². The molecule has 4 nitrogen and oxygen atoms in total. The summed E-state index contributed by atoms with van der Waals surface area (Å²) < 4.78 is 10.8. The number of Topliss-reactive ketones (excluding diaryl/α,β-unsaturated/α-hetero) is 1. The number of carbonyl (C=O) groups excluding carboxylic acids is 1. The highest BCUT2D eigenvalue weighted by Crippen LogP contribution is 2.40. The summed E-state index contributed by atoms with van der Waals surface area (Å²) in [7, 11) is 1.60. The summed E-state index contributed by atoms with van der Waals surface area (Å²) in [4.78, 5) is 12.7. The van der Waals surface area contributed by atoms with Gasteiger partial charge < -0.3 is 14.6 Å². The van der Waals surface area contributed by atoms with Crippen LogP contribution in [-0.2, 0) is 0 Å². The van der Waals surface area contributed by atoms with Gasteiger partial charge in [-0.25, -0.2) is 0 Å². The number of carbonyl (C=O) groups is 1. The van der Waals surface area contributed by atoms with Crippen LogP contribution in [0.15, 0.2) is 72.5 Å². The number of hydrogen-bond donors (Lipinski definition) is 1. The van der Waals surface area contributed by atoms with Crippen molar-refractivity contribution >= 4 is 11.9 Å². The molecule has 0 spiro atoms. The molecular weight excluding hydrogens is 328 g/mol. The summed E-state index contributed by atoms with van der Waals surface area (Å²) in [6.07, 6.45) is 1.70. The summed E-state index contributed by atoms with van der Waals surface area (Å²) in [6.45, 7) is 0. The van der Waals surface area contributed by atoms with Gasteiger partial charge in [0.25, 0.3) is 0 Å². The standard InChI is InChI=1S/C22H16O4/c1-25-16-9-7-15(8-10-16)17-12-18-20(13-19(17)23)26-21(22(18)24)11-14-5-3-2-4-6-14/h2-13,23H,1H3. The predicted molar refractivity (Wildman–Crippen MR) is 99.5 cm³/mol. The van der Waals surface area contributed by atoms with E-state index in [9.17, 15) is 9.90 Å². The zero-order valence-electron chi connectivity index (χ0n) is 14.1. The van der Waals surface area contributed by atoms with Crippen molar-refractivity contribution < 1.29 is 19.4 Å². The summed E-state index contributed by atoms with van der Waals surface area (Å²) in [6, 6.07) is 19.9. The van der Waals surface area contributed by atoms with E-state index in [2.05, 4.69) is 0 Å². The van der Waals surface area contributed by atoms with Crippen LogP contribution in [0.25, 0.3) is 17.2 Å². The molecule has 1 aliphatic heterocycles. The molecule has 3 aromatic carbocycles. The largest absolute Gasteiger partial charge is 0.507 e. The molecule has 0 aromatic heterocycles. The van der Waals surface area contributed by atoms with Crippen molar-refractivity contribution in [1.29, 1.82) is 0 Å². The third-order valence-electron chi connectivity index (χ3n) is 4.28. The maximum absolute atomic E-state index is 12.7. The quantitative estimate of drug-likeness (QED) is 0.701. The Morgan fingerprint density at radius 3 is 2.38 bits per heavy atom. The van der Waals surface area contributed by atoms with E-state index in [1.54, 1.807) is 31.4 Å². The molecule has 0 fully saturated rings. The first-order valence-corrected chi connectivity index (χ1v) is 8.16. The lowest BCUT2D eigenvalue weighted by molar-refractivity contribution is 0.101. The minimum absolute atomic E-state index is 0.0580. The Labute approximate surface area is 150 Å². The number of ether oxygens (including phenoxy) is 2. The lowest BCUT2D eigenvalue weighted by Crippen LogP contribution is -1.98. The maximum atomic E-state index is 12.7. The van der Waals surface area contributed by atoms with Gasteiger partial charge in [0.2, 0.25) is 5.78 Å². The highest BCUT2D eigenvalue weighted by Gasteiger charge is 2.29. The highest BCUT2D eigenvalue weighted by molar-refractivity contribution is 6.15. The number of rotatable bonds is 3. The van der Waals surface area contributed by atoms with Gasteiger partial charge in [-0.05, 0) is 35.4 Å². The number of phenolic OH excluding ortho intramolecular Hbond substituents is 1. The van der Waals surface area contributed by atoms with Gasteiger partial charge in [-0.15, -0.1) is 0 Å². The fourth-order valence-electron chi connectivity index (χ4n) is 2.93. The van der Waals surface area contributed by atoms with E-state index >= 15 is 0 Å². The van der Waals surface area contributed by atoms with Crippen LogP contribution in [0.3, 0.4) is 0 Å². The predicted octanol–water partition coefficient (Wildman–Crippen LogP) is 4.68. The van der Waals surface area contributed by atoms with Gasteiger partial charge in [-0.1, -0.05) is 42.5 Å². The van der Waals surface area contributed by atoms with Crippen molar-refractivity contribution in [2.24, 2.45) is 0 Å². The second-order valence-corrected chi connectivity index (χ2v) is 5.94. The third kappa shape index (κ3) is 2.82. The molecule has 3 aromatic rings. The average molecular weight is 344 g/mol. The molecular formula is C22H16O4. The molecule has 0 amide bonds. The van der Waals surface area contributed by atoms with E-state index in [0.717, 1.165) is 16.9 Å². The van der Waals surface area contributed by atoms with Gasteiger partial charge in [-0.2, -0.15) is 0 Å². The Morgan fingerprint density at radius 1 is 0.962 bits per heavy atom. The molecule has 1 heterocycles. The first kappa shape index (κ1) is 16.0. The molecule has 4 heteroatoms. The van der Waals surface area contributed by atoms with Crippen molar-refractivity contribution in [3.05, 3.63) is 83.6 Å². The number of fused-ring (bicyclic) bond motifs is 1. The van der Waals surface area contributed by atoms with E-state index in [1.165, 1.54) is 6.07 Å². The van der Waals surface area contributed by atoms with Crippen molar-refractivity contribution in [2.45, 2.75) is 0 Å². The second kappa shape index (κ2) is 6.41. The fraction of sp³-hybridized carbons (Fsp3) is 0.0455. The average Bonchev–Trinajstić information content (AvgIpc) is 2.96. The molecule has 4 rings (SSSR count). The maximum Gasteiger partial charge on any atom is 0.231 e. The van der Waals surface area contributed by atoms with Crippen molar-refractivity contribution in [3.63, 3.8) is 0 Å². The van der Waals surface area contributed by atoms with Gasteiger partial charge in [0.05, 0.1) is 12.7 Å². The van der Waals surface area contributed by atoms with Gasteiger partial charge in [-0.3, -0.25) is 4.79 Å². The zero-order chi connectivity index (χ0) is 18.1. The Balaban J connectivity index is 1.72. The Bertz CT molecular complexity index is 1000. The van der Waals surface area contributed by atoms with E-state index < -0.39 is 0 Å². The first-order valence-electron chi connectivity index (χ1n) is 8.16. The minimum atomic E-state index is -0.196. The number of ketones is 1. The Hall–Kier alpha value is -3.53. The summed E-state index contributed by atoms with van der Waals surface area (Å²) in [5.41, 5.74) is 2.68. The number of allylic oxidation sites excluding steroid dienone is 1. The number of aromatic hydroxyl groups is 1. The van der Waals surface area contributed by atoms with Crippen LogP contribution in [0.4, 0.5) is 0 Å². The second-order valence-electron chi connectivity index (χ2n) is 5.94. The van der Waals surface area contributed by atoms with Gasteiger partial charge in [0, 0.05) is 11.6 Å². The first-order chi connectivity index (χ1) is 12.7. The third-order valence-corrected chi connectivity index (χ3v) is 4.28. The minimum Gasteiger partial charge on any atom is -0.507 e. The van der Waals surface area contributed by atoms with Crippen LogP contribution in [0, 0.1) is 0 Å². The van der Waals surface area contributed by atoms with Crippen molar-refractivity contribution in [2.75, 3.05) is 7.11 Å². The monoisotopic (exact) mass is 344 g/mol. The Kier molecular flexibility index (Phi) is 3.93. The van der Waals surface area contributed by atoms with Crippen LogP contribution < -0.4 is 9.47 Å². The topological polar surface area (TPSA) is 55.8 Å². The fourth-order valence-corrected chi connectivity index (χ4v) is 2.93. The number of phenols is 1. The molecule has 0 bridgehead atoms. The number of hydrogen-bond acceptors (Lipinski definition) is 4. The van der Waals surface area contributed by atoms with Crippen LogP contribution in [-0.4, -0.2) is 18.0 Å². The molecule has 0 saturated carbocycles. The van der Waals surface area contributed by atoms with Crippen LogP contribution in [0.1, 0.15) is 15.9 Å². The summed E-state index contributed by atoms with van der Waals surface area (Å²) in [5.74, 6) is 1.20. The molecule has 128 valence electrons. The number of benzene rings is 3. The van der Waals surface area contributed by atoms with E-state index in [0.29, 0.717) is 16.9 Å². The number of methoxy groups -OCH3 is 1. The van der Waals surface area contributed by atoms with E-state index in [-0.39, 0.29) is 17.3 Å². The molecule has 0 unspecified atom stereocenters. The molecule has 26 heavy (non-hydrogen) atoms. The van der Waals surface area contributed by atoms with Crippen LogP contribution >= 0.6 is 0 Å². The SMILES string of the molecule is COc1ccc(-c2cc3c(cc2O)OC(=Cc2ccccc2)C3=O)cc1. The highest BCUT2D eigenvalue weighted by atomic mass is 16.5. The lowest BCUT2D eigenvalue weighted by atomic mass is 9.99. The molecule has 0 radical (unpaired) electrons. The van der Waals surface area contributed by atoms with Gasteiger partial charge in [0.15, 0.2) is 5.76 Å². The van der Waals surface area contributed by atoms with Crippen molar-refractivity contribution in [3.8, 4) is 28.4 Å². The molecule has 0 aliphatic carbocycles. The van der Waals surface area contributed by atoms with E-state index in [1.807, 2.05) is 42.5 Å². The van der Waals surface area contributed by atoms with Gasteiger partial charge >= 0.3 is 0 Å². The van der Waals surface area contributed by atoms with Crippen molar-refractivity contribution in [1.82, 2.24) is 0 Å². The van der Waals surface area contributed by atoms with Crippen LogP contribution in [0.2, 0.25) is 0 Å². The molecule has 1 aliphatic rings. The van der Waals surface area contributed by atoms with Crippen LogP contribution in [0.5, 0.6) is 17.2 Å². The summed E-state index contributed by atoms with van der Waals surface area (Å²) in [5, 5.41) is 10.4. The molecule has 0 saturated heterocycles. The van der Waals surface area contributed by atoms with E-state index in [4.69, 9.17) is 9.47 Å². The lowest BCUT2D eigenvalue weighted by Gasteiger charge is -2.08. The zero-order valence-corrected chi connectivity index (χ0v) is 14.1.